The van der Waals surface area contributed by atoms with Gasteiger partial charge >= 0.3 is 0 Å². The van der Waals surface area contributed by atoms with Crippen LogP contribution < -0.4 is 0 Å². The molecule has 4 rings (SSSR count). The Morgan fingerprint density at radius 2 is 1.56 bits per heavy atom. The fraction of sp³-hybridized carbons (Fsp3) is 0.833. The molecule has 0 aromatic rings. The highest BCUT2D eigenvalue weighted by Crippen LogP contribution is 2.75. The standard InChI is InChI=1S/C30H49NO/c1-20(2)10-9-11-21(3)22-14-18-29(7)23(22)12-13-25-28(6)17-16-26(31-32)27(4,5)24(28)15-19-30(25,29)8/h10-11,22-25,32H,9,12-19H2,1-8H3/b21-11-,31-26-/t22-,23-,24+,25-,28+,29-,30-/m1/s1. The lowest BCUT2D eigenvalue weighted by Gasteiger charge is -2.69. The topological polar surface area (TPSA) is 32.6 Å². The zero-order valence-electron chi connectivity index (χ0n) is 22.2. The van der Waals surface area contributed by atoms with Crippen LogP contribution in [0.15, 0.2) is 28.5 Å². The summed E-state index contributed by atoms with van der Waals surface area (Å²) in [4.78, 5) is 0. The number of rotatable bonds is 3. The number of nitrogens with zero attached hydrogens (tertiary/aromatic N) is 1. The Bertz CT molecular complexity index is 830. The monoisotopic (exact) mass is 439 g/mol. The van der Waals surface area contributed by atoms with E-state index in [1.165, 1.54) is 50.5 Å². The fourth-order valence-electron chi connectivity index (χ4n) is 9.91. The molecule has 4 fully saturated rings. The van der Waals surface area contributed by atoms with Gasteiger partial charge in [0.05, 0.1) is 5.71 Å². The van der Waals surface area contributed by atoms with Crippen molar-refractivity contribution in [1.29, 1.82) is 0 Å². The van der Waals surface area contributed by atoms with Crippen molar-refractivity contribution in [2.24, 2.45) is 50.5 Å². The minimum atomic E-state index is 0.0172. The second-order valence-electron chi connectivity index (χ2n) is 13.5. The lowest BCUT2D eigenvalue weighted by atomic mass is 9.35. The molecule has 4 aliphatic carbocycles. The third-order valence-corrected chi connectivity index (χ3v) is 11.9. The number of hydrogen-bond donors (Lipinski definition) is 1. The van der Waals surface area contributed by atoms with E-state index in [9.17, 15) is 5.21 Å². The molecular weight excluding hydrogens is 390 g/mol. The van der Waals surface area contributed by atoms with Crippen molar-refractivity contribution in [2.45, 2.75) is 113 Å². The van der Waals surface area contributed by atoms with Gasteiger partial charge in [0, 0.05) is 5.41 Å². The van der Waals surface area contributed by atoms with E-state index >= 15 is 0 Å². The Morgan fingerprint density at radius 3 is 2.22 bits per heavy atom. The van der Waals surface area contributed by atoms with E-state index < -0.39 is 0 Å². The van der Waals surface area contributed by atoms with E-state index in [0.29, 0.717) is 22.2 Å². The highest BCUT2D eigenvalue weighted by atomic mass is 16.4. The number of hydrogen-bond acceptors (Lipinski definition) is 2. The Morgan fingerprint density at radius 1 is 0.875 bits per heavy atom. The van der Waals surface area contributed by atoms with Gasteiger partial charge in [0.25, 0.3) is 0 Å². The van der Waals surface area contributed by atoms with Crippen LogP contribution in [0.3, 0.4) is 0 Å². The predicted octanol–water partition coefficient (Wildman–Crippen LogP) is 8.80. The first-order chi connectivity index (χ1) is 14.9. The molecule has 0 heterocycles. The van der Waals surface area contributed by atoms with E-state index in [1.54, 1.807) is 5.57 Å². The van der Waals surface area contributed by atoms with Crippen LogP contribution in [0, 0.1) is 45.3 Å². The van der Waals surface area contributed by atoms with Crippen molar-refractivity contribution in [3.63, 3.8) is 0 Å². The zero-order chi connectivity index (χ0) is 23.5. The van der Waals surface area contributed by atoms with Gasteiger partial charge in [-0.2, -0.15) is 0 Å². The van der Waals surface area contributed by atoms with Gasteiger partial charge in [-0.25, -0.2) is 0 Å². The van der Waals surface area contributed by atoms with E-state index in [-0.39, 0.29) is 5.41 Å². The van der Waals surface area contributed by atoms with Crippen LogP contribution in [0.1, 0.15) is 113 Å². The number of fused-ring (bicyclic) bond motifs is 5. The van der Waals surface area contributed by atoms with Crippen molar-refractivity contribution in [2.75, 3.05) is 0 Å². The molecule has 0 spiro atoms. The summed E-state index contributed by atoms with van der Waals surface area (Å²) >= 11 is 0. The SMILES string of the molecule is CC(C)=CC/C=C(/C)[C@H]1CC[C@]2(C)[C@@H]1CC[C@@H]1[C@@]3(C)CC/C(=N/O)C(C)(C)[C@@H]3CC[C@]12C. The molecule has 0 bridgehead atoms. The molecule has 0 radical (unpaired) electrons. The summed E-state index contributed by atoms with van der Waals surface area (Å²) < 4.78 is 0. The van der Waals surface area contributed by atoms with Crippen LogP contribution in [0.4, 0.5) is 0 Å². The highest BCUT2D eigenvalue weighted by Gasteiger charge is 2.68. The highest BCUT2D eigenvalue weighted by molar-refractivity contribution is 5.90. The molecule has 0 amide bonds. The van der Waals surface area contributed by atoms with Gasteiger partial charge in [0.1, 0.15) is 0 Å². The average Bonchev–Trinajstić information content (AvgIpc) is 3.06. The normalized spacial score (nSPS) is 46.9. The van der Waals surface area contributed by atoms with Crippen molar-refractivity contribution >= 4 is 5.71 Å². The molecule has 32 heavy (non-hydrogen) atoms. The lowest BCUT2D eigenvalue weighted by Crippen LogP contribution is -2.63. The Labute approximate surface area is 198 Å². The largest absolute Gasteiger partial charge is 0.411 e. The summed E-state index contributed by atoms with van der Waals surface area (Å²) in [5.74, 6) is 3.06. The smallest absolute Gasteiger partial charge is 0.0630 e. The maximum atomic E-state index is 9.70. The Kier molecular flexibility index (Phi) is 6.04. The minimum Gasteiger partial charge on any atom is -0.411 e. The van der Waals surface area contributed by atoms with Crippen molar-refractivity contribution < 1.29 is 5.21 Å². The second-order valence-corrected chi connectivity index (χ2v) is 13.5. The molecule has 0 aliphatic heterocycles. The molecule has 180 valence electrons. The average molecular weight is 440 g/mol. The second kappa shape index (κ2) is 8.02. The molecule has 0 aromatic heterocycles. The first-order valence-corrected chi connectivity index (χ1v) is 13.4. The van der Waals surface area contributed by atoms with Crippen LogP contribution in [-0.4, -0.2) is 10.9 Å². The van der Waals surface area contributed by atoms with Crippen LogP contribution in [-0.2, 0) is 0 Å². The van der Waals surface area contributed by atoms with Gasteiger partial charge in [0.15, 0.2) is 0 Å². The summed E-state index contributed by atoms with van der Waals surface area (Å²) in [6.07, 6.45) is 16.4. The summed E-state index contributed by atoms with van der Waals surface area (Å²) in [6.45, 7) is 19.5. The van der Waals surface area contributed by atoms with Gasteiger partial charge in [-0.3, -0.25) is 0 Å². The molecule has 0 aromatic carbocycles. The van der Waals surface area contributed by atoms with Gasteiger partial charge in [-0.1, -0.05) is 63.1 Å². The van der Waals surface area contributed by atoms with Gasteiger partial charge in [0.2, 0.25) is 0 Å². The Hall–Kier alpha value is -1.05. The van der Waals surface area contributed by atoms with Gasteiger partial charge in [-0.05, 0) is 118 Å². The van der Waals surface area contributed by atoms with Gasteiger partial charge < -0.3 is 5.21 Å². The molecule has 4 saturated carbocycles. The first-order valence-electron chi connectivity index (χ1n) is 13.4. The van der Waals surface area contributed by atoms with Crippen LogP contribution in [0.5, 0.6) is 0 Å². The molecule has 7 atom stereocenters. The summed E-state index contributed by atoms with van der Waals surface area (Å²) in [7, 11) is 0. The van der Waals surface area contributed by atoms with E-state index in [1.807, 2.05) is 0 Å². The summed E-state index contributed by atoms with van der Waals surface area (Å²) in [5.41, 5.74) is 5.39. The Balaban J connectivity index is 1.63. The quantitative estimate of drug-likeness (QED) is 0.266. The molecule has 2 nitrogen and oxygen atoms in total. The number of allylic oxidation sites excluding steroid dienone is 4. The number of oxime groups is 1. The third kappa shape index (κ3) is 3.29. The molecule has 2 heteroatoms. The van der Waals surface area contributed by atoms with Crippen LogP contribution in [0.25, 0.3) is 0 Å². The predicted molar refractivity (Wildman–Crippen MR) is 136 cm³/mol. The maximum absolute atomic E-state index is 9.70. The third-order valence-electron chi connectivity index (χ3n) is 11.9. The fourth-order valence-corrected chi connectivity index (χ4v) is 9.91. The van der Waals surface area contributed by atoms with Crippen LogP contribution >= 0.6 is 0 Å². The van der Waals surface area contributed by atoms with E-state index in [2.05, 4.69) is 72.7 Å². The van der Waals surface area contributed by atoms with E-state index in [0.717, 1.165) is 36.3 Å². The zero-order valence-corrected chi connectivity index (χ0v) is 22.2. The molecule has 4 aliphatic rings. The van der Waals surface area contributed by atoms with Crippen molar-refractivity contribution in [3.8, 4) is 0 Å². The van der Waals surface area contributed by atoms with Gasteiger partial charge in [-0.15, -0.1) is 0 Å². The van der Waals surface area contributed by atoms with Crippen molar-refractivity contribution in [3.05, 3.63) is 23.3 Å². The minimum absolute atomic E-state index is 0.0172. The molecule has 0 unspecified atom stereocenters. The maximum Gasteiger partial charge on any atom is 0.0630 e. The summed E-state index contributed by atoms with van der Waals surface area (Å²) in [6, 6.07) is 0. The van der Waals surface area contributed by atoms with E-state index in [4.69, 9.17) is 0 Å². The lowest BCUT2D eigenvalue weighted by molar-refractivity contribution is -0.187. The first kappa shape index (κ1) is 24.1. The molecular formula is C30H49NO. The molecule has 1 N–H and O–H groups in total. The van der Waals surface area contributed by atoms with Crippen LogP contribution in [0.2, 0.25) is 0 Å². The summed E-state index contributed by atoms with van der Waals surface area (Å²) in [5, 5.41) is 13.5. The molecule has 0 saturated heterocycles. The van der Waals surface area contributed by atoms with Crippen molar-refractivity contribution in [1.82, 2.24) is 0 Å².